The van der Waals surface area contributed by atoms with Crippen LogP contribution in [-0.2, 0) is 0 Å². The van der Waals surface area contributed by atoms with Gasteiger partial charge in [0.25, 0.3) is 11.6 Å². The molecule has 35 heavy (non-hydrogen) atoms. The number of rotatable bonds is 6. The number of hydrogen-bond donors (Lipinski definition) is 1. The van der Waals surface area contributed by atoms with Gasteiger partial charge in [0.2, 0.25) is 0 Å². The third-order valence-corrected chi connectivity index (χ3v) is 5.26. The fraction of sp³-hybridized carbons (Fsp3) is 0. The summed E-state index contributed by atoms with van der Waals surface area (Å²) < 4.78 is 5.69. The summed E-state index contributed by atoms with van der Waals surface area (Å²) in [5.74, 6) is 0.697. The number of nitrogens with zero attached hydrogens (tertiary/aromatic N) is 3. The molecular formula is C27H18N4O4. The lowest BCUT2D eigenvalue weighted by atomic mass is 10.1. The molecular weight excluding hydrogens is 444 g/mol. The Morgan fingerprint density at radius 2 is 1.51 bits per heavy atom. The van der Waals surface area contributed by atoms with Crippen LogP contribution in [0.1, 0.15) is 10.4 Å². The van der Waals surface area contributed by atoms with Crippen LogP contribution in [0.3, 0.4) is 0 Å². The topological polar surface area (TPSA) is 107 Å². The zero-order valence-electron chi connectivity index (χ0n) is 18.3. The quantitative estimate of drug-likeness (QED) is 0.236. The predicted octanol–water partition coefficient (Wildman–Crippen LogP) is 6.25. The van der Waals surface area contributed by atoms with E-state index in [1.165, 1.54) is 24.3 Å². The van der Waals surface area contributed by atoms with E-state index in [2.05, 4.69) is 15.3 Å². The second kappa shape index (κ2) is 9.40. The number of nitrogens with one attached hydrogen (secondary N) is 1. The van der Waals surface area contributed by atoms with Crippen LogP contribution in [-0.4, -0.2) is 20.8 Å². The highest BCUT2D eigenvalue weighted by molar-refractivity contribution is 6.04. The SMILES string of the molecule is O=C(Nc1cccc(-c2cnc3ccccc3n2)c1)c1ccc(Oc2ccc([N+](=O)[O-])cc2)cc1. The van der Waals surface area contributed by atoms with Gasteiger partial charge in [-0.15, -0.1) is 0 Å². The third-order valence-electron chi connectivity index (χ3n) is 5.26. The maximum atomic E-state index is 12.8. The Morgan fingerprint density at radius 3 is 2.23 bits per heavy atom. The van der Waals surface area contributed by atoms with Crippen molar-refractivity contribution in [1.82, 2.24) is 9.97 Å². The summed E-state index contributed by atoms with van der Waals surface area (Å²) >= 11 is 0. The molecule has 0 fully saturated rings. The first-order valence-electron chi connectivity index (χ1n) is 10.7. The molecule has 4 aromatic carbocycles. The summed E-state index contributed by atoms with van der Waals surface area (Å²) in [7, 11) is 0. The fourth-order valence-electron chi connectivity index (χ4n) is 3.50. The Morgan fingerprint density at radius 1 is 0.829 bits per heavy atom. The lowest BCUT2D eigenvalue weighted by Gasteiger charge is -2.09. The molecule has 0 aliphatic heterocycles. The van der Waals surface area contributed by atoms with Gasteiger partial charge in [0.1, 0.15) is 11.5 Å². The van der Waals surface area contributed by atoms with Gasteiger partial charge in [0.15, 0.2) is 0 Å². The molecule has 1 heterocycles. The van der Waals surface area contributed by atoms with Crippen LogP contribution in [0.15, 0.2) is 103 Å². The summed E-state index contributed by atoms with van der Waals surface area (Å²) in [6, 6.07) is 27.5. The van der Waals surface area contributed by atoms with Crippen molar-refractivity contribution in [3.8, 4) is 22.8 Å². The van der Waals surface area contributed by atoms with Crippen LogP contribution in [0.2, 0.25) is 0 Å². The van der Waals surface area contributed by atoms with Gasteiger partial charge in [0, 0.05) is 28.9 Å². The number of aromatic nitrogens is 2. The highest BCUT2D eigenvalue weighted by Gasteiger charge is 2.10. The molecule has 1 aromatic heterocycles. The second-order valence-electron chi connectivity index (χ2n) is 7.66. The Labute approximate surface area is 200 Å². The Balaban J connectivity index is 1.27. The first-order valence-corrected chi connectivity index (χ1v) is 10.7. The van der Waals surface area contributed by atoms with Crippen molar-refractivity contribution in [3.63, 3.8) is 0 Å². The number of nitro groups is 1. The van der Waals surface area contributed by atoms with E-state index in [1.807, 2.05) is 48.5 Å². The smallest absolute Gasteiger partial charge is 0.269 e. The molecule has 0 atom stereocenters. The highest BCUT2D eigenvalue weighted by Crippen LogP contribution is 2.25. The van der Waals surface area contributed by atoms with Gasteiger partial charge in [-0.1, -0.05) is 24.3 Å². The van der Waals surface area contributed by atoms with E-state index in [0.29, 0.717) is 28.4 Å². The van der Waals surface area contributed by atoms with E-state index in [1.54, 1.807) is 30.5 Å². The molecule has 5 rings (SSSR count). The number of anilines is 1. The van der Waals surface area contributed by atoms with Gasteiger partial charge in [-0.05, 0) is 60.7 Å². The summed E-state index contributed by atoms with van der Waals surface area (Å²) in [6.07, 6.45) is 1.72. The van der Waals surface area contributed by atoms with Crippen molar-refractivity contribution in [1.29, 1.82) is 0 Å². The first-order chi connectivity index (χ1) is 17.0. The highest BCUT2D eigenvalue weighted by atomic mass is 16.6. The molecule has 0 aliphatic rings. The van der Waals surface area contributed by atoms with E-state index in [4.69, 9.17) is 4.74 Å². The van der Waals surface area contributed by atoms with Gasteiger partial charge < -0.3 is 10.1 Å². The zero-order valence-corrected chi connectivity index (χ0v) is 18.3. The van der Waals surface area contributed by atoms with Crippen LogP contribution in [0.4, 0.5) is 11.4 Å². The Bertz CT molecular complexity index is 1530. The van der Waals surface area contributed by atoms with Gasteiger partial charge in [-0.2, -0.15) is 0 Å². The number of carbonyl (C=O) groups excluding carboxylic acids is 1. The van der Waals surface area contributed by atoms with Gasteiger partial charge in [-0.3, -0.25) is 19.9 Å². The lowest BCUT2D eigenvalue weighted by molar-refractivity contribution is -0.384. The van der Waals surface area contributed by atoms with E-state index in [-0.39, 0.29) is 11.6 Å². The van der Waals surface area contributed by atoms with Crippen LogP contribution in [0, 0.1) is 10.1 Å². The largest absolute Gasteiger partial charge is 0.457 e. The van der Waals surface area contributed by atoms with Crippen molar-refractivity contribution in [2.75, 3.05) is 5.32 Å². The standard InChI is InChI=1S/C27H18N4O4/c32-27(18-8-12-22(13-9-18)35-23-14-10-21(11-15-23)31(33)34)29-20-5-3-4-19(16-20)26-17-28-24-6-1-2-7-25(24)30-26/h1-17H,(H,29,32). The van der Waals surface area contributed by atoms with Gasteiger partial charge in [-0.25, -0.2) is 4.98 Å². The molecule has 170 valence electrons. The van der Waals surface area contributed by atoms with E-state index >= 15 is 0 Å². The molecule has 0 saturated heterocycles. The summed E-state index contributed by atoms with van der Waals surface area (Å²) in [5, 5.41) is 13.7. The summed E-state index contributed by atoms with van der Waals surface area (Å²) in [4.78, 5) is 32.2. The van der Waals surface area contributed by atoms with Gasteiger partial charge >= 0.3 is 0 Å². The maximum Gasteiger partial charge on any atom is 0.269 e. The molecule has 0 spiro atoms. The molecule has 0 bridgehead atoms. The number of ether oxygens (including phenoxy) is 1. The van der Waals surface area contributed by atoms with Crippen molar-refractivity contribution in [3.05, 3.63) is 119 Å². The maximum absolute atomic E-state index is 12.8. The number of hydrogen-bond acceptors (Lipinski definition) is 6. The van der Waals surface area contributed by atoms with Crippen molar-refractivity contribution >= 4 is 28.3 Å². The fourth-order valence-corrected chi connectivity index (χ4v) is 3.50. The minimum absolute atomic E-state index is 0.0129. The number of para-hydroxylation sites is 2. The van der Waals surface area contributed by atoms with E-state index in [9.17, 15) is 14.9 Å². The number of amides is 1. The minimum Gasteiger partial charge on any atom is -0.457 e. The van der Waals surface area contributed by atoms with Crippen LogP contribution in [0.25, 0.3) is 22.3 Å². The van der Waals surface area contributed by atoms with Crippen LogP contribution < -0.4 is 10.1 Å². The van der Waals surface area contributed by atoms with E-state index < -0.39 is 4.92 Å². The minimum atomic E-state index is -0.470. The molecule has 0 aliphatic carbocycles. The number of benzene rings is 4. The number of nitro benzene ring substituents is 1. The number of carbonyl (C=O) groups is 1. The number of non-ortho nitro benzene ring substituents is 1. The average molecular weight is 462 g/mol. The lowest BCUT2D eigenvalue weighted by Crippen LogP contribution is -2.11. The summed E-state index contributed by atoms with van der Waals surface area (Å²) in [6.45, 7) is 0. The van der Waals surface area contributed by atoms with Crippen molar-refractivity contribution < 1.29 is 14.5 Å². The Kier molecular flexibility index (Phi) is 5.83. The van der Waals surface area contributed by atoms with Crippen LogP contribution in [0.5, 0.6) is 11.5 Å². The van der Waals surface area contributed by atoms with E-state index in [0.717, 1.165) is 16.6 Å². The van der Waals surface area contributed by atoms with Gasteiger partial charge in [0.05, 0.1) is 27.8 Å². The molecule has 0 unspecified atom stereocenters. The molecule has 1 N–H and O–H groups in total. The molecule has 5 aromatic rings. The Hall–Kier alpha value is -5.11. The number of fused-ring (bicyclic) bond motifs is 1. The van der Waals surface area contributed by atoms with Crippen LogP contribution >= 0.6 is 0 Å². The first kappa shape index (κ1) is 21.7. The predicted molar refractivity (Wildman–Crippen MR) is 133 cm³/mol. The summed E-state index contributed by atoms with van der Waals surface area (Å²) in [5.41, 5.74) is 4.25. The monoisotopic (exact) mass is 462 g/mol. The zero-order chi connectivity index (χ0) is 24.2. The molecule has 8 heteroatoms. The normalized spacial score (nSPS) is 10.6. The van der Waals surface area contributed by atoms with Crippen molar-refractivity contribution in [2.45, 2.75) is 0 Å². The molecule has 0 radical (unpaired) electrons. The second-order valence-corrected chi connectivity index (χ2v) is 7.66. The third kappa shape index (κ3) is 4.96. The van der Waals surface area contributed by atoms with Crippen molar-refractivity contribution in [2.24, 2.45) is 0 Å². The average Bonchev–Trinajstić information content (AvgIpc) is 2.89. The molecule has 0 saturated carbocycles. The molecule has 8 nitrogen and oxygen atoms in total. The molecule has 1 amide bonds.